The molecular formula is C21H19FINO4S. The second-order valence-electron chi connectivity index (χ2n) is 6.29. The number of thioether (sulfide) groups is 1. The molecule has 0 unspecified atom stereocenters. The van der Waals surface area contributed by atoms with Crippen LogP contribution in [0.1, 0.15) is 17.5 Å². The van der Waals surface area contributed by atoms with Gasteiger partial charge >= 0.3 is 0 Å². The minimum Gasteiger partial charge on any atom is -0.488 e. The van der Waals surface area contributed by atoms with Crippen molar-refractivity contribution in [1.29, 1.82) is 0 Å². The topological polar surface area (TPSA) is 55.8 Å². The SMILES string of the molecule is COCCCN1C(=O)S/C(=C/c2ccc(OCc3cccc(F)c3)c(I)c2)C1=O. The molecule has 1 heterocycles. The highest BCUT2D eigenvalue weighted by Crippen LogP contribution is 2.33. The van der Waals surface area contributed by atoms with Crippen LogP contribution in [-0.4, -0.2) is 36.3 Å². The summed E-state index contributed by atoms with van der Waals surface area (Å²) in [5.41, 5.74) is 1.54. The number of halogens is 2. The normalized spacial score (nSPS) is 15.4. The van der Waals surface area contributed by atoms with Crippen molar-refractivity contribution in [2.24, 2.45) is 0 Å². The minimum atomic E-state index is -0.299. The van der Waals surface area contributed by atoms with E-state index >= 15 is 0 Å². The van der Waals surface area contributed by atoms with E-state index in [1.54, 1.807) is 31.4 Å². The quantitative estimate of drug-likeness (QED) is 0.272. The molecule has 29 heavy (non-hydrogen) atoms. The van der Waals surface area contributed by atoms with Gasteiger partial charge in [-0.1, -0.05) is 18.2 Å². The van der Waals surface area contributed by atoms with Crippen LogP contribution in [0.2, 0.25) is 0 Å². The summed E-state index contributed by atoms with van der Waals surface area (Å²) in [6.45, 7) is 1.10. The second kappa shape index (κ2) is 10.2. The van der Waals surface area contributed by atoms with Gasteiger partial charge in [-0.15, -0.1) is 0 Å². The molecule has 1 aliphatic heterocycles. The molecule has 0 spiro atoms. The first kappa shape index (κ1) is 21.8. The maximum atomic E-state index is 13.3. The van der Waals surface area contributed by atoms with Crippen LogP contribution in [0.3, 0.4) is 0 Å². The first-order valence-electron chi connectivity index (χ1n) is 8.89. The first-order chi connectivity index (χ1) is 14.0. The molecule has 2 amide bonds. The van der Waals surface area contributed by atoms with Gasteiger partial charge < -0.3 is 9.47 Å². The molecule has 152 valence electrons. The van der Waals surface area contributed by atoms with Crippen LogP contribution >= 0.6 is 34.4 Å². The van der Waals surface area contributed by atoms with E-state index in [0.29, 0.717) is 30.2 Å². The lowest BCUT2D eigenvalue weighted by atomic mass is 10.2. The van der Waals surface area contributed by atoms with Crippen molar-refractivity contribution in [3.63, 3.8) is 0 Å². The molecule has 0 aromatic heterocycles. The summed E-state index contributed by atoms with van der Waals surface area (Å²) in [5.74, 6) is 0.0875. The molecule has 1 aliphatic rings. The van der Waals surface area contributed by atoms with Crippen LogP contribution < -0.4 is 4.74 Å². The summed E-state index contributed by atoms with van der Waals surface area (Å²) in [7, 11) is 1.58. The molecule has 8 heteroatoms. The summed E-state index contributed by atoms with van der Waals surface area (Å²) >= 11 is 3.09. The van der Waals surface area contributed by atoms with Crippen molar-refractivity contribution in [2.45, 2.75) is 13.0 Å². The molecule has 2 aromatic rings. The highest BCUT2D eigenvalue weighted by Gasteiger charge is 2.34. The van der Waals surface area contributed by atoms with Crippen molar-refractivity contribution in [3.05, 3.63) is 67.9 Å². The highest BCUT2D eigenvalue weighted by atomic mass is 127. The fourth-order valence-corrected chi connectivity index (χ4v) is 4.28. The number of methoxy groups -OCH3 is 1. The summed E-state index contributed by atoms with van der Waals surface area (Å²) in [4.78, 5) is 26.2. The predicted octanol–water partition coefficient (Wildman–Crippen LogP) is 5.08. The van der Waals surface area contributed by atoms with Gasteiger partial charge in [0.1, 0.15) is 18.2 Å². The summed E-state index contributed by atoms with van der Waals surface area (Å²) < 4.78 is 24.9. The molecular weight excluding hydrogens is 508 g/mol. The molecule has 0 bridgehead atoms. The number of nitrogens with zero attached hydrogens (tertiary/aromatic N) is 1. The van der Waals surface area contributed by atoms with Gasteiger partial charge in [-0.2, -0.15) is 0 Å². The van der Waals surface area contributed by atoms with Crippen molar-refractivity contribution in [1.82, 2.24) is 4.90 Å². The van der Waals surface area contributed by atoms with Crippen LogP contribution in [0.15, 0.2) is 47.4 Å². The van der Waals surface area contributed by atoms with Crippen LogP contribution in [0.25, 0.3) is 6.08 Å². The molecule has 0 aliphatic carbocycles. The van der Waals surface area contributed by atoms with Gasteiger partial charge in [-0.25, -0.2) is 4.39 Å². The average molecular weight is 527 g/mol. The Labute approximate surface area is 186 Å². The number of imide groups is 1. The zero-order valence-corrected chi connectivity index (χ0v) is 18.7. The van der Waals surface area contributed by atoms with E-state index in [0.717, 1.165) is 26.5 Å². The fourth-order valence-electron chi connectivity index (χ4n) is 2.72. The largest absolute Gasteiger partial charge is 0.488 e. The van der Waals surface area contributed by atoms with Crippen molar-refractivity contribution >= 4 is 51.6 Å². The number of carbonyl (C=O) groups excluding carboxylic acids is 2. The lowest BCUT2D eigenvalue weighted by Gasteiger charge is -2.11. The number of hydrogen-bond acceptors (Lipinski definition) is 5. The fraction of sp³-hybridized carbons (Fsp3) is 0.238. The van der Waals surface area contributed by atoms with E-state index < -0.39 is 0 Å². The van der Waals surface area contributed by atoms with E-state index in [1.165, 1.54) is 17.0 Å². The van der Waals surface area contributed by atoms with E-state index in [-0.39, 0.29) is 23.6 Å². The molecule has 3 rings (SSSR count). The van der Waals surface area contributed by atoms with Crippen molar-refractivity contribution in [3.8, 4) is 5.75 Å². The van der Waals surface area contributed by atoms with Crippen LogP contribution in [0, 0.1) is 9.39 Å². The van der Waals surface area contributed by atoms with Gasteiger partial charge in [0, 0.05) is 20.3 Å². The van der Waals surface area contributed by atoms with Gasteiger partial charge in [-0.05, 0) is 82.2 Å². The first-order valence-corrected chi connectivity index (χ1v) is 10.8. The number of ether oxygens (including phenoxy) is 2. The maximum Gasteiger partial charge on any atom is 0.293 e. The van der Waals surface area contributed by atoms with Gasteiger partial charge in [-0.3, -0.25) is 14.5 Å². The number of amides is 2. The standard InChI is InChI=1S/C21H19FINO4S/c1-27-9-3-8-24-20(25)19(29-21(24)26)12-14-6-7-18(17(23)11-14)28-13-15-4-2-5-16(22)10-15/h2,4-7,10-12H,3,8-9,13H2,1H3/b19-12+. The molecule has 0 saturated carbocycles. The number of rotatable bonds is 8. The van der Waals surface area contributed by atoms with E-state index in [9.17, 15) is 14.0 Å². The highest BCUT2D eigenvalue weighted by molar-refractivity contribution is 14.1. The summed E-state index contributed by atoms with van der Waals surface area (Å²) in [6.07, 6.45) is 2.32. The third kappa shape index (κ3) is 5.80. The third-order valence-corrected chi connectivity index (χ3v) is 5.89. The molecule has 1 saturated heterocycles. The van der Waals surface area contributed by atoms with Gasteiger partial charge in [0.25, 0.3) is 11.1 Å². The Bertz CT molecular complexity index is 950. The molecule has 0 atom stereocenters. The van der Waals surface area contributed by atoms with Crippen LogP contribution in [0.4, 0.5) is 9.18 Å². The van der Waals surface area contributed by atoms with Crippen LogP contribution in [-0.2, 0) is 16.1 Å². The summed E-state index contributed by atoms with van der Waals surface area (Å²) in [5, 5.41) is -0.262. The molecule has 2 aromatic carbocycles. The maximum absolute atomic E-state index is 13.3. The van der Waals surface area contributed by atoms with Gasteiger partial charge in [0.15, 0.2) is 0 Å². The average Bonchev–Trinajstić information content (AvgIpc) is 2.95. The Hall–Kier alpha value is -1.91. The zero-order valence-electron chi connectivity index (χ0n) is 15.7. The Morgan fingerprint density at radius 2 is 2.03 bits per heavy atom. The monoisotopic (exact) mass is 527 g/mol. The second-order valence-corrected chi connectivity index (χ2v) is 8.44. The van der Waals surface area contributed by atoms with E-state index in [1.807, 2.05) is 12.1 Å². The smallest absolute Gasteiger partial charge is 0.293 e. The van der Waals surface area contributed by atoms with Crippen molar-refractivity contribution in [2.75, 3.05) is 20.3 Å². The molecule has 0 radical (unpaired) electrons. The zero-order chi connectivity index (χ0) is 20.8. The number of hydrogen-bond donors (Lipinski definition) is 0. The minimum absolute atomic E-state index is 0.257. The lowest BCUT2D eigenvalue weighted by molar-refractivity contribution is -0.122. The lowest BCUT2D eigenvalue weighted by Crippen LogP contribution is -2.29. The van der Waals surface area contributed by atoms with E-state index in [4.69, 9.17) is 9.47 Å². The Morgan fingerprint density at radius 3 is 2.76 bits per heavy atom. The molecule has 0 N–H and O–H groups in total. The van der Waals surface area contributed by atoms with E-state index in [2.05, 4.69) is 22.6 Å². The Morgan fingerprint density at radius 1 is 1.21 bits per heavy atom. The van der Waals surface area contributed by atoms with Gasteiger partial charge in [0.2, 0.25) is 0 Å². The summed E-state index contributed by atoms with van der Waals surface area (Å²) in [6, 6.07) is 11.8. The molecule has 1 fully saturated rings. The van der Waals surface area contributed by atoms with Crippen molar-refractivity contribution < 1.29 is 23.5 Å². The molecule has 5 nitrogen and oxygen atoms in total. The number of carbonyl (C=O) groups is 2. The Kier molecular flexibility index (Phi) is 7.68. The Balaban J connectivity index is 1.66. The number of benzene rings is 2. The van der Waals surface area contributed by atoms with Crippen LogP contribution in [0.5, 0.6) is 5.75 Å². The third-order valence-electron chi connectivity index (χ3n) is 4.14. The van der Waals surface area contributed by atoms with Gasteiger partial charge in [0.05, 0.1) is 8.48 Å². The predicted molar refractivity (Wildman–Crippen MR) is 119 cm³/mol.